The number of likely N-dealkylation sites (tertiary alicyclic amines) is 1. The SMILES string of the molecule is N[C@@H]1C(=O)N2C(C(=O)[O-])=C(/C=C3\CCN(Cc4ccc[n+](CC(=O)Nc5cccc(O)c5)c4)C3=O)CS[C@H]12. The second kappa shape index (κ2) is 10.3. The number of nitrogens with zero attached hydrogens (tertiary/aromatic N) is 3. The van der Waals surface area contributed by atoms with Crippen molar-refractivity contribution >= 4 is 41.1 Å². The van der Waals surface area contributed by atoms with E-state index in [4.69, 9.17) is 5.73 Å². The van der Waals surface area contributed by atoms with Gasteiger partial charge in [0.05, 0.1) is 18.2 Å². The zero-order chi connectivity index (χ0) is 27.0. The highest BCUT2D eigenvalue weighted by molar-refractivity contribution is 8.00. The standard InChI is InChI=1S/C26H25N5O6S/c27-21-24(35)31-22(26(36)37)17(14-38-25(21)31)9-16-6-8-30(23(16)34)12-15-3-2-7-29(11-15)13-20(33)28-18-4-1-5-19(32)10-18/h1-5,7,9-11,21,25H,6,8,12-14,27H2,(H2-,28,32,33,36,37)/b16-9+/t21-,25-/m1/s1. The Balaban J connectivity index is 1.25. The minimum atomic E-state index is -1.47. The third-order valence-electron chi connectivity index (χ3n) is 6.54. The molecule has 11 nitrogen and oxygen atoms in total. The smallest absolute Gasteiger partial charge is 0.290 e. The molecule has 3 amide bonds. The van der Waals surface area contributed by atoms with Gasteiger partial charge >= 0.3 is 0 Å². The highest BCUT2D eigenvalue weighted by atomic mass is 32.2. The number of carboxylic acids is 1. The molecule has 1 aromatic heterocycles. The van der Waals surface area contributed by atoms with E-state index in [1.807, 2.05) is 6.07 Å². The average molecular weight is 536 g/mol. The summed E-state index contributed by atoms with van der Waals surface area (Å²) < 4.78 is 1.70. The van der Waals surface area contributed by atoms with Gasteiger partial charge < -0.3 is 31.0 Å². The highest BCUT2D eigenvalue weighted by Gasteiger charge is 2.50. The van der Waals surface area contributed by atoms with Crippen molar-refractivity contribution in [1.82, 2.24) is 9.80 Å². The Hall–Kier alpha value is -4.16. The Morgan fingerprint density at radius 2 is 2.08 bits per heavy atom. The summed E-state index contributed by atoms with van der Waals surface area (Å²) in [6.45, 7) is 0.808. The molecule has 1 aromatic carbocycles. The van der Waals surface area contributed by atoms with Crippen LogP contribution < -0.4 is 20.7 Å². The first-order valence-corrected chi connectivity index (χ1v) is 13.0. The number of nitrogens with one attached hydrogen (secondary N) is 1. The monoisotopic (exact) mass is 535 g/mol. The summed E-state index contributed by atoms with van der Waals surface area (Å²) in [4.78, 5) is 52.3. The van der Waals surface area contributed by atoms with E-state index in [0.717, 1.165) is 10.5 Å². The van der Waals surface area contributed by atoms with Crippen molar-refractivity contribution in [3.8, 4) is 5.75 Å². The maximum absolute atomic E-state index is 13.1. The molecule has 2 fully saturated rings. The van der Waals surface area contributed by atoms with Crippen LogP contribution in [-0.2, 0) is 32.3 Å². The van der Waals surface area contributed by atoms with Crippen LogP contribution in [0.1, 0.15) is 12.0 Å². The number of carbonyl (C=O) groups is 4. The number of phenolic OH excluding ortho intramolecular Hbond substituents is 1. The van der Waals surface area contributed by atoms with Crippen molar-refractivity contribution in [3.05, 3.63) is 77.3 Å². The molecule has 2 saturated heterocycles. The topological polar surface area (TPSA) is 160 Å². The Morgan fingerprint density at radius 1 is 1.26 bits per heavy atom. The Morgan fingerprint density at radius 3 is 2.84 bits per heavy atom. The normalized spacial score (nSPS) is 22.0. The summed E-state index contributed by atoms with van der Waals surface area (Å²) in [6, 6.07) is 9.18. The van der Waals surface area contributed by atoms with Crippen LogP contribution in [0.3, 0.4) is 0 Å². The molecule has 0 saturated carbocycles. The van der Waals surface area contributed by atoms with E-state index in [0.29, 0.717) is 42.1 Å². The van der Waals surface area contributed by atoms with Crippen molar-refractivity contribution in [2.24, 2.45) is 5.73 Å². The third kappa shape index (κ3) is 5.00. The number of phenols is 1. The Kier molecular flexibility index (Phi) is 6.91. The minimum Gasteiger partial charge on any atom is -0.543 e. The summed E-state index contributed by atoms with van der Waals surface area (Å²) in [5.74, 6) is -2.06. The van der Waals surface area contributed by atoms with Gasteiger partial charge in [-0.3, -0.25) is 19.3 Å². The number of β-lactam (4-membered cyclic amide) rings is 1. The zero-order valence-electron chi connectivity index (χ0n) is 20.2. The lowest BCUT2D eigenvalue weighted by atomic mass is 10.0. The Bertz CT molecular complexity index is 1410. The van der Waals surface area contributed by atoms with Gasteiger partial charge in [-0.15, -0.1) is 11.8 Å². The fourth-order valence-electron chi connectivity index (χ4n) is 4.74. The van der Waals surface area contributed by atoms with Gasteiger partial charge in [0.15, 0.2) is 12.4 Å². The van der Waals surface area contributed by atoms with Gasteiger partial charge in [-0.25, -0.2) is 0 Å². The molecule has 5 rings (SSSR count). The van der Waals surface area contributed by atoms with Crippen molar-refractivity contribution in [2.75, 3.05) is 17.6 Å². The van der Waals surface area contributed by atoms with Crippen LogP contribution in [-0.4, -0.2) is 62.3 Å². The van der Waals surface area contributed by atoms with E-state index in [2.05, 4.69) is 5.32 Å². The van der Waals surface area contributed by atoms with Crippen LogP contribution in [0.5, 0.6) is 5.75 Å². The van der Waals surface area contributed by atoms with Crippen LogP contribution in [0.4, 0.5) is 5.69 Å². The summed E-state index contributed by atoms with van der Waals surface area (Å²) >= 11 is 1.36. The second-order valence-electron chi connectivity index (χ2n) is 9.23. The van der Waals surface area contributed by atoms with E-state index in [1.165, 1.54) is 23.9 Å². The minimum absolute atomic E-state index is 0.0420. The van der Waals surface area contributed by atoms with Gasteiger partial charge in [-0.1, -0.05) is 6.07 Å². The summed E-state index contributed by atoms with van der Waals surface area (Å²) in [5, 5.41) is 23.7. The largest absolute Gasteiger partial charge is 0.543 e. The van der Waals surface area contributed by atoms with Crippen molar-refractivity contribution in [1.29, 1.82) is 0 Å². The van der Waals surface area contributed by atoms with Crippen molar-refractivity contribution in [3.63, 3.8) is 0 Å². The maximum atomic E-state index is 13.1. The molecule has 4 heterocycles. The Labute approximate surface area is 222 Å². The molecule has 3 aliphatic heterocycles. The number of benzene rings is 1. The van der Waals surface area contributed by atoms with E-state index < -0.39 is 23.3 Å². The van der Waals surface area contributed by atoms with E-state index in [-0.39, 0.29) is 29.8 Å². The highest BCUT2D eigenvalue weighted by Crippen LogP contribution is 2.40. The van der Waals surface area contributed by atoms with Crippen LogP contribution in [0.15, 0.2) is 71.7 Å². The van der Waals surface area contributed by atoms with E-state index in [9.17, 15) is 29.4 Å². The lowest BCUT2D eigenvalue weighted by Crippen LogP contribution is -2.69. The fraction of sp³-hybridized carbons (Fsp3) is 0.269. The molecular formula is C26H25N5O6S. The number of pyridine rings is 1. The van der Waals surface area contributed by atoms with Crippen molar-refractivity contribution < 1.29 is 34.0 Å². The molecule has 0 aliphatic carbocycles. The third-order valence-corrected chi connectivity index (χ3v) is 7.87. The predicted octanol–water partition coefficient (Wildman–Crippen LogP) is -0.776. The van der Waals surface area contributed by atoms with E-state index >= 15 is 0 Å². The zero-order valence-corrected chi connectivity index (χ0v) is 21.0. The number of amides is 3. The van der Waals surface area contributed by atoms with Gasteiger partial charge in [-0.05, 0) is 36.3 Å². The number of nitrogens with two attached hydrogens (primary N) is 1. The number of carbonyl (C=O) groups excluding carboxylic acids is 4. The number of allylic oxidation sites excluding steroid dienone is 1. The van der Waals surface area contributed by atoms with Gasteiger partial charge in [0.25, 0.3) is 5.91 Å². The molecule has 0 unspecified atom stereocenters. The molecule has 0 radical (unpaired) electrons. The number of rotatable bonds is 7. The van der Waals surface area contributed by atoms with Gasteiger partial charge in [0.1, 0.15) is 17.2 Å². The summed E-state index contributed by atoms with van der Waals surface area (Å²) in [6.07, 6.45) is 5.52. The molecule has 196 valence electrons. The van der Waals surface area contributed by atoms with E-state index in [1.54, 1.807) is 46.1 Å². The fourth-order valence-corrected chi connectivity index (χ4v) is 5.99. The number of carboxylic acid groups (broad SMARTS) is 1. The number of anilines is 1. The predicted molar refractivity (Wildman–Crippen MR) is 135 cm³/mol. The first kappa shape index (κ1) is 25.5. The second-order valence-corrected chi connectivity index (χ2v) is 10.3. The van der Waals surface area contributed by atoms with Crippen LogP contribution >= 0.6 is 11.8 Å². The molecule has 4 N–H and O–H groups in total. The summed E-state index contributed by atoms with van der Waals surface area (Å²) in [7, 11) is 0. The summed E-state index contributed by atoms with van der Waals surface area (Å²) in [5.41, 5.74) is 7.70. The molecule has 2 aromatic rings. The van der Waals surface area contributed by atoms with Gasteiger partial charge in [0, 0.05) is 41.3 Å². The number of hydrogen-bond acceptors (Lipinski definition) is 8. The molecule has 0 spiro atoms. The lowest BCUT2D eigenvalue weighted by molar-refractivity contribution is -0.684. The quantitative estimate of drug-likeness (QED) is 0.237. The van der Waals surface area contributed by atoms with Crippen LogP contribution in [0, 0.1) is 0 Å². The molecule has 2 atom stereocenters. The molecule has 0 bridgehead atoms. The first-order valence-electron chi connectivity index (χ1n) is 11.9. The average Bonchev–Trinajstić information content (AvgIpc) is 3.21. The van der Waals surface area contributed by atoms with Crippen molar-refractivity contribution in [2.45, 2.75) is 30.9 Å². The maximum Gasteiger partial charge on any atom is 0.290 e. The lowest BCUT2D eigenvalue weighted by Gasteiger charge is -2.49. The first-order chi connectivity index (χ1) is 18.2. The molecular weight excluding hydrogens is 510 g/mol. The number of aliphatic carboxylic acids is 1. The molecule has 12 heteroatoms. The number of fused-ring (bicyclic) bond motifs is 1. The van der Waals surface area contributed by atoms with Crippen LogP contribution in [0.25, 0.3) is 0 Å². The number of hydrogen-bond donors (Lipinski definition) is 3. The molecule has 3 aliphatic rings. The number of aromatic nitrogens is 1. The molecule has 38 heavy (non-hydrogen) atoms. The number of thioether (sulfide) groups is 1. The number of aromatic hydroxyl groups is 1. The van der Waals surface area contributed by atoms with Gasteiger partial charge in [-0.2, -0.15) is 4.57 Å². The van der Waals surface area contributed by atoms with Gasteiger partial charge in [0.2, 0.25) is 18.4 Å². The van der Waals surface area contributed by atoms with Crippen LogP contribution in [0.2, 0.25) is 0 Å².